The lowest BCUT2D eigenvalue weighted by Gasteiger charge is -2.12. The molecule has 1 aromatic carbocycles. The molecule has 1 atom stereocenters. The molecule has 0 fully saturated rings. The summed E-state index contributed by atoms with van der Waals surface area (Å²) in [7, 11) is -6.57. The lowest BCUT2D eigenvalue weighted by Crippen LogP contribution is -2.37. The number of primary sulfonamides is 1. The molecule has 21 heavy (non-hydrogen) atoms. The van der Waals surface area contributed by atoms with Crippen LogP contribution in [-0.4, -0.2) is 35.2 Å². The summed E-state index contributed by atoms with van der Waals surface area (Å²) < 4.78 is 52.4. The Bertz CT molecular complexity index is 710. The highest BCUT2D eigenvalue weighted by atomic mass is 32.2. The topological polar surface area (TPSA) is 133 Å². The van der Waals surface area contributed by atoms with Crippen LogP contribution in [0.1, 0.15) is 12.5 Å². The Morgan fingerprint density at radius 3 is 2.19 bits per heavy atom. The molecular weight excluding hydrogens is 320 g/mol. The minimum absolute atomic E-state index is 0.0722. The van der Waals surface area contributed by atoms with E-state index in [1.165, 1.54) is 31.2 Å². The van der Waals surface area contributed by atoms with Crippen LogP contribution in [0.3, 0.4) is 0 Å². The molecule has 0 bridgehead atoms. The average molecular weight is 336 g/mol. The fourth-order valence-electron chi connectivity index (χ4n) is 1.40. The van der Waals surface area contributed by atoms with E-state index in [4.69, 9.17) is 5.14 Å². The summed E-state index contributed by atoms with van der Waals surface area (Å²) in [4.78, 5) is 11.1. The van der Waals surface area contributed by atoms with Crippen LogP contribution in [0.4, 0.5) is 0 Å². The number of esters is 1. The molecule has 10 heteroatoms. The second-order valence-electron chi connectivity index (χ2n) is 4.22. The molecule has 0 aliphatic carbocycles. The molecule has 8 nitrogen and oxygen atoms in total. The molecule has 0 saturated carbocycles. The third kappa shape index (κ3) is 4.77. The second-order valence-corrected chi connectivity index (χ2v) is 7.87. The summed E-state index contributed by atoms with van der Waals surface area (Å²) in [6.45, 7) is 1.12. The van der Waals surface area contributed by atoms with Gasteiger partial charge >= 0.3 is 5.97 Å². The normalized spacial score (nSPS) is 13.7. The average Bonchev–Trinajstić information content (AvgIpc) is 2.43. The van der Waals surface area contributed by atoms with Gasteiger partial charge in [0, 0.05) is 6.54 Å². The summed E-state index contributed by atoms with van der Waals surface area (Å²) in [5.74, 6) is -0.868. The smallest absolute Gasteiger partial charge is 0.325 e. The fourth-order valence-corrected chi connectivity index (χ4v) is 2.88. The molecule has 118 valence electrons. The molecule has 0 saturated heterocycles. The van der Waals surface area contributed by atoms with E-state index in [1.807, 2.05) is 0 Å². The number of sulfonamides is 2. The van der Waals surface area contributed by atoms with E-state index < -0.39 is 31.3 Å². The van der Waals surface area contributed by atoms with Gasteiger partial charge in [-0.25, -0.2) is 26.7 Å². The molecule has 0 heterocycles. The van der Waals surface area contributed by atoms with Crippen molar-refractivity contribution in [3.63, 3.8) is 0 Å². The van der Waals surface area contributed by atoms with E-state index in [-0.39, 0.29) is 11.4 Å². The predicted molar refractivity (Wildman–Crippen MR) is 75.1 cm³/mol. The third-order valence-electron chi connectivity index (χ3n) is 2.73. The zero-order chi connectivity index (χ0) is 16.3. The number of nitrogens with two attached hydrogens (primary N) is 1. The number of carbonyl (C=O) groups excluding carboxylic acids is 1. The van der Waals surface area contributed by atoms with Gasteiger partial charge in [-0.2, -0.15) is 0 Å². The lowest BCUT2D eigenvalue weighted by molar-refractivity contribution is -0.139. The van der Waals surface area contributed by atoms with Gasteiger partial charge in [0.05, 0.1) is 12.0 Å². The first kappa shape index (κ1) is 17.6. The van der Waals surface area contributed by atoms with E-state index >= 15 is 0 Å². The van der Waals surface area contributed by atoms with E-state index in [0.29, 0.717) is 5.56 Å². The Labute approximate surface area is 123 Å². The van der Waals surface area contributed by atoms with E-state index in [0.717, 1.165) is 7.11 Å². The van der Waals surface area contributed by atoms with Gasteiger partial charge in [-0.1, -0.05) is 12.1 Å². The van der Waals surface area contributed by atoms with Gasteiger partial charge in [0.25, 0.3) is 0 Å². The van der Waals surface area contributed by atoms with Crippen LogP contribution in [0.25, 0.3) is 0 Å². The van der Waals surface area contributed by atoms with Crippen molar-refractivity contribution in [2.45, 2.75) is 23.6 Å². The monoisotopic (exact) mass is 336 g/mol. The zero-order valence-electron chi connectivity index (χ0n) is 11.4. The number of rotatable bonds is 6. The second kappa shape index (κ2) is 6.52. The number of methoxy groups -OCH3 is 1. The Hall–Kier alpha value is -1.49. The summed E-state index contributed by atoms with van der Waals surface area (Å²) in [5.41, 5.74) is 0.517. The van der Waals surface area contributed by atoms with E-state index in [9.17, 15) is 21.6 Å². The maximum absolute atomic E-state index is 11.8. The Kier molecular flexibility index (Phi) is 5.45. The molecular formula is C11H16N2O6S2. The minimum Gasteiger partial charge on any atom is -0.468 e. The van der Waals surface area contributed by atoms with Crippen LogP contribution >= 0.6 is 0 Å². The molecule has 0 aliphatic rings. The molecule has 1 unspecified atom stereocenters. The van der Waals surface area contributed by atoms with Crippen molar-refractivity contribution in [3.8, 4) is 0 Å². The summed E-state index contributed by atoms with van der Waals surface area (Å²) >= 11 is 0. The fraction of sp³-hybridized carbons (Fsp3) is 0.364. The highest BCUT2D eigenvalue weighted by molar-refractivity contribution is 7.90. The summed E-state index contributed by atoms with van der Waals surface area (Å²) in [6, 6.07) is 5.38. The number of carbonyl (C=O) groups is 1. The molecule has 0 aromatic heterocycles. The van der Waals surface area contributed by atoms with Gasteiger partial charge in [-0.3, -0.25) is 4.79 Å². The first-order valence-corrected chi connectivity index (χ1v) is 8.85. The number of hydrogen-bond acceptors (Lipinski definition) is 6. The standard InChI is InChI=1S/C11H16N2O6S2/c1-8(11(14)19-2)21(17,18)13-7-9-3-5-10(6-4-9)20(12,15)16/h3-6,8,13H,7H2,1-2H3,(H2,12,15,16). The van der Waals surface area contributed by atoms with Gasteiger partial charge in [0.1, 0.15) is 0 Å². The van der Waals surface area contributed by atoms with Gasteiger partial charge in [-0.05, 0) is 24.6 Å². The zero-order valence-corrected chi connectivity index (χ0v) is 13.1. The van der Waals surface area contributed by atoms with Crippen LogP contribution in [0.2, 0.25) is 0 Å². The molecule has 0 amide bonds. The largest absolute Gasteiger partial charge is 0.468 e. The van der Waals surface area contributed by atoms with Gasteiger partial charge in [-0.15, -0.1) is 0 Å². The third-order valence-corrected chi connectivity index (χ3v) is 5.33. The lowest BCUT2D eigenvalue weighted by atomic mass is 10.2. The Balaban J connectivity index is 2.78. The van der Waals surface area contributed by atoms with Crippen LogP contribution in [0.5, 0.6) is 0 Å². The Morgan fingerprint density at radius 1 is 1.24 bits per heavy atom. The highest BCUT2D eigenvalue weighted by Gasteiger charge is 2.28. The maximum Gasteiger partial charge on any atom is 0.325 e. The van der Waals surface area contributed by atoms with Crippen LogP contribution in [0, 0.1) is 0 Å². The van der Waals surface area contributed by atoms with Gasteiger partial charge in [0.15, 0.2) is 5.25 Å². The summed E-state index contributed by atoms with van der Waals surface area (Å²) in [5, 5.41) is 3.61. The highest BCUT2D eigenvalue weighted by Crippen LogP contribution is 2.09. The van der Waals surface area contributed by atoms with Crippen molar-refractivity contribution in [2.75, 3.05) is 7.11 Å². The van der Waals surface area contributed by atoms with Crippen molar-refractivity contribution >= 4 is 26.0 Å². The summed E-state index contributed by atoms with van der Waals surface area (Å²) in [6.07, 6.45) is 0. The SMILES string of the molecule is COC(=O)C(C)S(=O)(=O)NCc1ccc(S(N)(=O)=O)cc1. The van der Waals surface area contributed by atoms with Gasteiger partial charge in [0.2, 0.25) is 20.0 Å². The molecule has 0 spiro atoms. The number of ether oxygens (including phenoxy) is 1. The van der Waals surface area contributed by atoms with E-state index in [1.54, 1.807) is 0 Å². The minimum atomic E-state index is -3.88. The van der Waals surface area contributed by atoms with Gasteiger partial charge < -0.3 is 4.74 Å². The molecule has 3 N–H and O–H groups in total. The first-order chi connectivity index (χ1) is 9.58. The number of benzene rings is 1. The maximum atomic E-state index is 11.8. The molecule has 0 radical (unpaired) electrons. The molecule has 1 rings (SSSR count). The van der Waals surface area contributed by atoms with Crippen LogP contribution in [0.15, 0.2) is 29.2 Å². The van der Waals surface area contributed by atoms with Crippen molar-refractivity contribution < 1.29 is 26.4 Å². The van der Waals surface area contributed by atoms with Crippen molar-refractivity contribution in [1.29, 1.82) is 0 Å². The number of hydrogen-bond donors (Lipinski definition) is 2. The molecule has 1 aromatic rings. The van der Waals surface area contributed by atoms with Crippen molar-refractivity contribution in [1.82, 2.24) is 4.72 Å². The molecule has 0 aliphatic heterocycles. The van der Waals surface area contributed by atoms with Crippen molar-refractivity contribution in [2.24, 2.45) is 5.14 Å². The predicted octanol–water partition coefficient (Wildman–Crippen LogP) is -0.685. The first-order valence-electron chi connectivity index (χ1n) is 5.76. The van der Waals surface area contributed by atoms with Crippen LogP contribution in [-0.2, 0) is 36.1 Å². The van der Waals surface area contributed by atoms with Crippen LogP contribution < -0.4 is 9.86 Å². The Morgan fingerprint density at radius 2 is 1.76 bits per heavy atom. The number of nitrogens with one attached hydrogen (secondary N) is 1. The van der Waals surface area contributed by atoms with Crippen molar-refractivity contribution in [3.05, 3.63) is 29.8 Å². The van der Waals surface area contributed by atoms with E-state index in [2.05, 4.69) is 9.46 Å². The quantitative estimate of drug-likeness (QED) is 0.661.